The number of phosphoric ester groups is 1. The largest absolute Gasteiger partial charge is 0.490 e. The maximum absolute atomic E-state index is 12.0. The Morgan fingerprint density at radius 2 is 1.73 bits per heavy atom. The Hall–Kier alpha value is -0.990. The lowest BCUT2D eigenvalue weighted by molar-refractivity contribution is -0.0468. The summed E-state index contributed by atoms with van der Waals surface area (Å²) in [6.45, 7) is 2.02. The van der Waals surface area contributed by atoms with Crippen molar-refractivity contribution in [2.45, 2.75) is 32.3 Å². The highest BCUT2D eigenvalue weighted by Gasteiger charge is 2.45. The van der Waals surface area contributed by atoms with Crippen molar-refractivity contribution in [1.29, 1.82) is 0 Å². The van der Waals surface area contributed by atoms with Gasteiger partial charge in [0.2, 0.25) is 0 Å². The summed E-state index contributed by atoms with van der Waals surface area (Å²) in [7, 11) is -16.6. The molecule has 1 aromatic rings. The second kappa shape index (κ2) is 8.87. The van der Waals surface area contributed by atoms with Crippen molar-refractivity contribution < 1.29 is 56.3 Å². The molecule has 6 N–H and O–H groups in total. The third-order valence-corrected chi connectivity index (χ3v) is 7.72. The molecule has 2 rings (SSSR count). The number of H-pyrrole nitrogens is 1. The minimum atomic E-state index is -5.68. The van der Waals surface area contributed by atoms with Gasteiger partial charge in [-0.1, -0.05) is 6.92 Å². The predicted molar refractivity (Wildman–Crippen MR) is 95.0 cm³/mol. The number of phosphoric acid groups is 3. The van der Waals surface area contributed by atoms with Gasteiger partial charge in [-0.3, -0.25) is 18.9 Å². The van der Waals surface area contributed by atoms with Crippen LogP contribution in [0.2, 0.25) is 0 Å². The summed E-state index contributed by atoms with van der Waals surface area (Å²) in [4.78, 5) is 61.0. The molecule has 1 aliphatic heterocycles. The van der Waals surface area contributed by atoms with Gasteiger partial charge < -0.3 is 29.4 Å². The summed E-state index contributed by atoms with van der Waals surface area (Å²) in [5.41, 5.74) is -1.27. The summed E-state index contributed by atoms with van der Waals surface area (Å²) >= 11 is 0. The maximum Gasteiger partial charge on any atom is 0.490 e. The van der Waals surface area contributed by atoms with Gasteiger partial charge in [-0.2, -0.15) is 8.62 Å². The zero-order chi connectivity index (χ0) is 23.1. The zero-order valence-electron chi connectivity index (χ0n) is 15.3. The Morgan fingerprint density at radius 1 is 1.13 bits per heavy atom. The van der Waals surface area contributed by atoms with Crippen molar-refractivity contribution in [2.24, 2.45) is 5.92 Å². The summed E-state index contributed by atoms with van der Waals surface area (Å²) in [6, 6.07) is 0. The van der Waals surface area contributed by atoms with Crippen LogP contribution in [-0.4, -0.2) is 53.0 Å². The zero-order valence-corrected chi connectivity index (χ0v) is 18.0. The van der Waals surface area contributed by atoms with Gasteiger partial charge in [0.15, 0.2) is 0 Å². The number of aliphatic hydroxyl groups excluding tert-OH is 1. The minimum absolute atomic E-state index is 0.177. The Labute approximate surface area is 167 Å². The summed E-state index contributed by atoms with van der Waals surface area (Å²) in [6.07, 6.45) is -2.58. The first kappa shape index (κ1) is 25.3. The van der Waals surface area contributed by atoms with E-state index in [-0.39, 0.29) is 5.56 Å². The van der Waals surface area contributed by atoms with Crippen molar-refractivity contribution in [3.63, 3.8) is 0 Å². The Balaban J connectivity index is 2.09. The van der Waals surface area contributed by atoms with Gasteiger partial charge >= 0.3 is 29.2 Å². The fourth-order valence-corrected chi connectivity index (χ4v) is 5.62. The molecule has 6 atom stereocenters. The van der Waals surface area contributed by atoms with Gasteiger partial charge in [0.1, 0.15) is 12.3 Å². The SMILES string of the molecule is Cc1cn([C@H]2O[C@@H](COP(=O)(O)OP(=O)(O)OP(=O)(O)O)C(O)[C@H]2C)c(=O)[nH]c1=O. The smallest absolute Gasteiger partial charge is 0.390 e. The molecule has 0 radical (unpaired) electrons. The first-order valence-electron chi connectivity index (χ1n) is 7.95. The van der Waals surface area contributed by atoms with E-state index in [1.807, 2.05) is 0 Å². The van der Waals surface area contributed by atoms with Gasteiger partial charge in [-0.15, -0.1) is 0 Å². The molecule has 16 nitrogen and oxygen atoms in total. The van der Waals surface area contributed by atoms with E-state index in [1.165, 1.54) is 20.0 Å². The van der Waals surface area contributed by atoms with Crippen LogP contribution in [0.15, 0.2) is 15.8 Å². The van der Waals surface area contributed by atoms with Crippen molar-refractivity contribution in [2.75, 3.05) is 6.61 Å². The van der Waals surface area contributed by atoms with Gasteiger partial charge in [0, 0.05) is 17.7 Å². The van der Waals surface area contributed by atoms with Gasteiger partial charge in [0.05, 0.1) is 12.7 Å². The molecule has 2 heterocycles. The monoisotopic (exact) mass is 496 g/mol. The fraction of sp³-hybridized carbons (Fsp3) is 0.636. The molecule has 1 aliphatic rings. The Bertz CT molecular complexity index is 1040. The number of aryl methyl sites for hydroxylation is 1. The van der Waals surface area contributed by atoms with Crippen LogP contribution >= 0.6 is 23.5 Å². The van der Waals surface area contributed by atoms with Crippen molar-refractivity contribution in [1.82, 2.24) is 9.55 Å². The average Bonchev–Trinajstić information content (AvgIpc) is 2.81. The molecule has 0 spiro atoms. The van der Waals surface area contributed by atoms with E-state index in [9.17, 15) is 33.3 Å². The van der Waals surface area contributed by atoms with Crippen molar-refractivity contribution in [3.8, 4) is 0 Å². The second-order valence-corrected chi connectivity index (χ2v) is 10.7. The molecule has 0 bridgehead atoms. The topological polar surface area (TPSA) is 244 Å². The molecule has 0 aromatic carbocycles. The third kappa shape index (κ3) is 6.50. The highest BCUT2D eigenvalue weighted by Crippen LogP contribution is 2.66. The van der Waals surface area contributed by atoms with Crippen LogP contribution < -0.4 is 11.2 Å². The van der Waals surface area contributed by atoms with Gasteiger partial charge in [-0.05, 0) is 6.92 Å². The number of aromatic nitrogens is 2. The Morgan fingerprint density at radius 3 is 2.30 bits per heavy atom. The predicted octanol–water partition coefficient (Wildman–Crippen LogP) is -0.917. The molecule has 0 aliphatic carbocycles. The molecule has 0 amide bonds. The maximum atomic E-state index is 12.0. The molecule has 1 saturated heterocycles. The number of hydrogen-bond donors (Lipinski definition) is 6. The molecule has 0 saturated carbocycles. The van der Waals surface area contributed by atoms with Gasteiger partial charge in [-0.25, -0.2) is 18.5 Å². The number of aromatic amines is 1. The van der Waals surface area contributed by atoms with E-state index < -0.39 is 65.7 Å². The highest BCUT2D eigenvalue weighted by molar-refractivity contribution is 7.66. The van der Waals surface area contributed by atoms with E-state index in [2.05, 4.69) is 18.1 Å². The first-order chi connectivity index (χ1) is 13.5. The number of ether oxygens (including phenoxy) is 1. The standard InChI is InChI=1S/C11H19N2O14P3/c1-5-3-13(11(16)12-9(5)15)10-6(2)8(14)7(25-10)4-24-29(20,21)27-30(22,23)26-28(17,18)19/h3,6-8,10,14H,4H2,1-2H3,(H,20,21)(H,22,23)(H,12,15,16)(H2,17,18,19)/t6-,7+,8?,10+/m1/s1. The lowest BCUT2D eigenvalue weighted by Gasteiger charge is -2.19. The number of nitrogens with zero attached hydrogens (tertiary/aromatic N) is 1. The molecule has 30 heavy (non-hydrogen) atoms. The molecule has 1 aromatic heterocycles. The Kier molecular flexibility index (Phi) is 7.47. The molecular weight excluding hydrogens is 477 g/mol. The average molecular weight is 496 g/mol. The fourth-order valence-electron chi connectivity index (χ4n) is 2.59. The highest BCUT2D eigenvalue weighted by atomic mass is 31.3. The van der Waals surface area contributed by atoms with Crippen molar-refractivity contribution in [3.05, 3.63) is 32.6 Å². The second-order valence-electron chi connectivity index (χ2n) is 6.28. The number of rotatable bonds is 8. The number of hydrogen-bond acceptors (Lipinski definition) is 10. The van der Waals surface area contributed by atoms with Crippen LogP contribution in [0.25, 0.3) is 0 Å². The van der Waals surface area contributed by atoms with Crippen LogP contribution in [0.4, 0.5) is 0 Å². The minimum Gasteiger partial charge on any atom is -0.390 e. The van der Waals surface area contributed by atoms with Crippen LogP contribution in [0.5, 0.6) is 0 Å². The van der Waals surface area contributed by atoms with Crippen LogP contribution in [-0.2, 0) is 31.6 Å². The molecule has 19 heteroatoms. The van der Waals surface area contributed by atoms with E-state index in [4.69, 9.17) is 19.4 Å². The third-order valence-electron chi connectivity index (χ3n) is 3.92. The van der Waals surface area contributed by atoms with E-state index in [1.54, 1.807) is 0 Å². The van der Waals surface area contributed by atoms with E-state index in [0.29, 0.717) is 0 Å². The van der Waals surface area contributed by atoms with Crippen LogP contribution in [0, 0.1) is 12.8 Å². The molecular formula is C11H19N2O14P3. The van der Waals surface area contributed by atoms with Crippen LogP contribution in [0.3, 0.4) is 0 Å². The van der Waals surface area contributed by atoms with Gasteiger partial charge in [0.25, 0.3) is 5.56 Å². The number of nitrogens with one attached hydrogen (secondary N) is 1. The lowest BCUT2D eigenvalue weighted by atomic mass is 10.0. The quantitative estimate of drug-likeness (QED) is 0.239. The summed E-state index contributed by atoms with van der Waals surface area (Å²) in [5, 5.41) is 10.2. The summed E-state index contributed by atoms with van der Waals surface area (Å²) < 4.78 is 51.7. The summed E-state index contributed by atoms with van der Waals surface area (Å²) in [5.74, 6) is -0.762. The first-order valence-corrected chi connectivity index (χ1v) is 12.5. The normalized spacial score (nSPS) is 28.8. The van der Waals surface area contributed by atoms with E-state index in [0.717, 1.165) is 4.57 Å². The van der Waals surface area contributed by atoms with Crippen molar-refractivity contribution >= 4 is 23.5 Å². The van der Waals surface area contributed by atoms with Crippen LogP contribution in [0.1, 0.15) is 18.7 Å². The lowest BCUT2D eigenvalue weighted by Crippen LogP contribution is -2.35. The number of aliphatic hydroxyl groups is 1. The van der Waals surface area contributed by atoms with E-state index >= 15 is 0 Å². The molecule has 3 unspecified atom stereocenters. The molecule has 1 fully saturated rings. The molecule has 172 valence electrons.